The third-order valence-electron chi connectivity index (χ3n) is 5.14. The largest absolute Gasteiger partial charge is 0.378 e. The maximum atomic E-state index is 4.66. The van der Waals surface area contributed by atoms with Crippen molar-refractivity contribution in [2.24, 2.45) is 4.99 Å². The fourth-order valence-corrected chi connectivity index (χ4v) is 4.08. The highest BCUT2D eigenvalue weighted by molar-refractivity contribution is 5.89. The Morgan fingerprint density at radius 3 is 2.30 bits per heavy atom. The molecule has 3 rings (SSSR count). The number of benzene rings is 2. The summed E-state index contributed by atoms with van der Waals surface area (Å²) >= 11 is 0. The van der Waals surface area contributed by atoms with E-state index in [2.05, 4.69) is 98.0 Å². The lowest BCUT2D eigenvalue weighted by atomic mass is 9.87. The van der Waals surface area contributed by atoms with Crippen LogP contribution in [0.3, 0.4) is 0 Å². The number of nitrogens with zero attached hydrogens (tertiary/aromatic N) is 3. The maximum Gasteiger partial charge on any atom is 0.0631 e. The molecule has 0 saturated carbocycles. The van der Waals surface area contributed by atoms with Crippen LogP contribution in [-0.2, 0) is 0 Å². The second-order valence-corrected chi connectivity index (χ2v) is 8.39. The van der Waals surface area contributed by atoms with Crippen LogP contribution in [0.2, 0.25) is 0 Å². The van der Waals surface area contributed by atoms with Gasteiger partial charge < -0.3 is 9.80 Å². The summed E-state index contributed by atoms with van der Waals surface area (Å²) in [5, 5.41) is 0. The van der Waals surface area contributed by atoms with Gasteiger partial charge in [0.05, 0.1) is 11.2 Å². The molecule has 0 fully saturated rings. The van der Waals surface area contributed by atoms with Gasteiger partial charge in [-0.25, -0.2) is 0 Å². The number of fused-ring (bicyclic) bond motifs is 1. The van der Waals surface area contributed by atoms with Gasteiger partial charge >= 0.3 is 0 Å². The van der Waals surface area contributed by atoms with E-state index in [0.29, 0.717) is 6.04 Å². The molecule has 1 aliphatic heterocycles. The number of rotatable bonds is 4. The Labute approximate surface area is 164 Å². The third kappa shape index (κ3) is 3.92. The summed E-state index contributed by atoms with van der Waals surface area (Å²) in [7, 11) is 4.09. The van der Waals surface area contributed by atoms with E-state index in [0.717, 1.165) is 11.3 Å². The van der Waals surface area contributed by atoms with E-state index in [1.807, 2.05) is 20.3 Å². The van der Waals surface area contributed by atoms with Crippen molar-refractivity contribution in [3.63, 3.8) is 0 Å². The Hall–Kier alpha value is -2.55. The van der Waals surface area contributed by atoms with Gasteiger partial charge in [-0.15, -0.1) is 0 Å². The number of hydrogen-bond acceptors (Lipinski definition) is 3. The normalized spacial score (nSPS) is 15.9. The molecule has 0 atom stereocenters. The first-order chi connectivity index (χ1) is 12.7. The molecule has 0 N–H and O–H groups in total. The lowest BCUT2D eigenvalue weighted by Crippen LogP contribution is -2.49. The summed E-state index contributed by atoms with van der Waals surface area (Å²) in [6.07, 6.45) is 4.33. The summed E-state index contributed by atoms with van der Waals surface area (Å²) in [5.41, 5.74) is 7.24. The molecule has 2 aromatic carbocycles. The van der Waals surface area contributed by atoms with Gasteiger partial charge in [-0.05, 0) is 82.2 Å². The van der Waals surface area contributed by atoms with Crippen LogP contribution in [-0.4, -0.2) is 31.9 Å². The predicted octanol–water partition coefficient (Wildman–Crippen LogP) is 5.91. The zero-order valence-electron chi connectivity index (χ0n) is 17.6. The number of anilines is 2. The minimum absolute atomic E-state index is 0.0229. The van der Waals surface area contributed by atoms with Crippen LogP contribution in [0.4, 0.5) is 17.1 Å². The molecular weight excluding hydrogens is 330 g/mol. The van der Waals surface area contributed by atoms with Crippen LogP contribution in [0.25, 0.3) is 5.57 Å². The summed E-state index contributed by atoms with van der Waals surface area (Å²) in [6.45, 7) is 11.3. The molecule has 3 nitrogen and oxygen atoms in total. The molecule has 0 unspecified atom stereocenters. The Kier molecular flexibility index (Phi) is 5.14. The van der Waals surface area contributed by atoms with E-state index < -0.39 is 0 Å². The standard InChI is InChI=1S/C24H31N3/c1-17(2)27-23-13-8-19(14-22(23)18(3)15-24(27,4)5)16-25-20-9-11-21(12-10-20)26(6)7/h8-17H,1-7H3. The van der Waals surface area contributed by atoms with Crippen LogP contribution < -0.4 is 9.80 Å². The summed E-state index contributed by atoms with van der Waals surface area (Å²) in [6, 6.07) is 15.4. The van der Waals surface area contributed by atoms with Crippen molar-refractivity contribution in [1.82, 2.24) is 0 Å². The Balaban J connectivity index is 1.91. The molecule has 0 aliphatic carbocycles. The molecule has 0 saturated heterocycles. The number of allylic oxidation sites excluding steroid dienone is 1. The van der Waals surface area contributed by atoms with Gasteiger partial charge in [0.15, 0.2) is 0 Å². The van der Waals surface area contributed by atoms with E-state index in [1.165, 1.54) is 22.5 Å². The average molecular weight is 362 g/mol. The average Bonchev–Trinajstić information content (AvgIpc) is 2.59. The minimum Gasteiger partial charge on any atom is -0.378 e. The third-order valence-corrected chi connectivity index (χ3v) is 5.14. The van der Waals surface area contributed by atoms with Crippen LogP contribution >= 0.6 is 0 Å². The Morgan fingerprint density at radius 2 is 1.70 bits per heavy atom. The first-order valence-corrected chi connectivity index (χ1v) is 9.64. The first kappa shape index (κ1) is 19.2. The molecule has 142 valence electrons. The monoisotopic (exact) mass is 361 g/mol. The molecule has 0 bridgehead atoms. The van der Waals surface area contributed by atoms with Gasteiger partial charge in [0, 0.05) is 43.3 Å². The van der Waals surface area contributed by atoms with Crippen molar-refractivity contribution in [3.8, 4) is 0 Å². The highest BCUT2D eigenvalue weighted by atomic mass is 15.2. The van der Waals surface area contributed by atoms with Crippen LogP contribution in [0.5, 0.6) is 0 Å². The Bertz CT molecular complexity index is 871. The van der Waals surface area contributed by atoms with E-state index in [-0.39, 0.29) is 5.54 Å². The second-order valence-electron chi connectivity index (χ2n) is 8.39. The van der Waals surface area contributed by atoms with Gasteiger partial charge in [-0.2, -0.15) is 0 Å². The molecular formula is C24H31N3. The molecule has 2 aromatic rings. The van der Waals surface area contributed by atoms with E-state index in [9.17, 15) is 0 Å². The lowest BCUT2D eigenvalue weighted by molar-refractivity contribution is 0.507. The summed E-state index contributed by atoms with van der Waals surface area (Å²) < 4.78 is 0. The van der Waals surface area contributed by atoms with E-state index in [1.54, 1.807) is 0 Å². The van der Waals surface area contributed by atoms with Crippen molar-refractivity contribution < 1.29 is 0 Å². The fraction of sp³-hybridized carbons (Fsp3) is 0.375. The number of aliphatic imine (C=N–C) groups is 1. The summed E-state index contributed by atoms with van der Waals surface area (Å²) in [5.74, 6) is 0. The molecule has 0 aromatic heterocycles. The van der Waals surface area contributed by atoms with Crippen LogP contribution in [0.15, 0.2) is 53.5 Å². The zero-order valence-corrected chi connectivity index (χ0v) is 17.6. The highest BCUT2D eigenvalue weighted by Crippen LogP contribution is 2.40. The number of hydrogen-bond donors (Lipinski definition) is 0. The first-order valence-electron chi connectivity index (χ1n) is 9.64. The van der Waals surface area contributed by atoms with Gasteiger partial charge in [0.1, 0.15) is 0 Å². The molecule has 27 heavy (non-hydrogen) atoms. The summed E-state index contributed by atoms with van der Waals surface area (Å²) in [4.78, 5) is 9.24. The topological polar surface area (TPSA) is 18.8 Å². The van der Waals surface area contributed by atoms with Gasteiger partial charge in [-0.3, -0.25) is 4.99 Å². The van der Waals surface area contributed by atoms with E-state index in [4.69, 9.17) is 0 Å². The molecule has 1 aliphatic rings. The van der Waals surface area contributed by atoms with E-state index >= 15 is 0 Å². The molecule has 1 heterocycles. The molecule has 0 spiro atoms. The smallest absolute Gasteiger partial charge is 0.0631 e. The van der Waals surface area contributed by atoms with Gasteiger partial charge in [0.25, 0.3) is 0 Å². The van der Waals surface area contributed by atoms with Gasteiger partial charge in [0.2, 0.25) is 0 Å². The molecule has 0 amide bonds. The van der Waals surface area contributed by atoms with Crippen molar-refractivity contribution >= 4 is 28.8 Å². The van der Waals surface area contributed by atoms with Crippen molar-refractivity contribution in [2.75, 3.05) is 23.9 Å². The predicted molar refractivity (Wildman–Crippen MR) is 120 cm³/mol. The lowest BCUT2D eigenvalue weighted by Gasteiger charge is -2.46. The highest BCUT2D eigenvalue weighted by Gasteiger charge is 2.32. The van der Waals surface area contributed by atoms with Crippen molar-refractivity contribution in [1.29, 1.82) is 0 Å². The Morgan fingerprint density at radius 1 is 1.04 bits per heavy atom. The molecule has 0 radical (unpaired) electrons. The maximum absolute atomic E-state index is 4.66. The van der Waals surface area contributed by atoms with Crippen LogP contribution in [0, 0.1) is 0 Å². The minimum atomic E-state index is 0.0229. The van der Waals surface area contributed by atoms with Crippen molar-refractivity contribution in [2.45, 2.75) is 46.2 Å². The van der Waals surface area contributed by atoms with Crippen LogP contribution in [0.1, 0.15) is 45.7 Å². The quantitative estimate of drug-likeness (QED) is 0.630. The second kappa shape index (κ2) is 7.22. The van der Waals surface area contributed by atoms with Gasteiger partial charge in [-0.1, -0.05) is 12.1 Å². The SMILES string of the molecule is CC1=CC(C)(C)N(C(C)C)c2ccc(C=Nc3ccc(N(C)C)cc3)cc21. The zero-order chi connectivity index (χ0) is 19.8. The fourth-order valence-electron chi connectivity index (χ4n) is 4.08. The molecule has 3 heteroatoms. The van der Waals surface area contributed by atoms with Crippen molar-refractivity contribution in [3.05, 3.63) is 59.7 Å².